The van der Waals surface area contributed by atoms with Crippen molar-refractivity contribution in [1.82, 2.24) is 19.9 Å². The first kappa shape index (κ1) is 16.6. The van der Waals surface area contributed by atoms with Crippen LogP contribution in [0.1, 0.15) is 12.8 Å². The number of amides is 1. The average Bonchev–Trinajstić information content (AvgIpc) is 2.57. The van der Waals surface area contributed by atoms with Crippen LogP contribution in [0.25, 0.3) is 11.3 Å². The molecular weight excluding hydrogens is 381 g/mol. The van der Waals surface area contributed by atoms with Crippen molar-refractivity contribution in [3.63, 3.8) is 0 Å². The van der Waals surface area contributed by atoms with Crippen molar-refractivity contribution >= 4 is 28.0 Å². The molecule has 24 heavy (non-hydrogen) atoms. The fourth-order valence-corrected chi connectivity index (χ4v) is 2.96. The lowest BCUT2D eigenvalue weighted by Crippen LogP contribution is -2.44. The summed E-state index contributed by atoms with van der Waals surface area (Å²) in [6.07, 6.45) is 3.57. The first-order valence-electron chi connectivity index (χ1n) is 7.42. The molecule has 9 heteroatoms. The molecule has 2 N–H and O–H groups in total. The predicted molar refractivity (Wildman–Crippen MR) is 89.2 cm³/mol. The van der Waals surface area contributed by atoms with E-state index >= 15 is 0 Å². The Balaban J connectivity index is 1.78. The van der Waals surface area contributed by atoms with Crippen LogP contribution in [-0.2, 0) is 0 Å². The third kappa shape index (κ3) is 3.78. The minimum atomic E-state index is -0.932. The summed E-state index contributed by atoms with van der Waals surface area (Å²) in [6, 6.07) is 3.12. The van der Waals surface area contributed by atoms with Crippen molar-refractivity contribution in [3.8, 4) is 11.3 Å². The van der Waals surface area contributed by atoms with Crippen LogP contribution in [-0.4, -0.2) is 50.2 Å². The fraction of sp³-hybridized carbons (Fsp3) is 0.333. The van der Waals surface area contributed by atoms with E-state index in [1.54, 1.807) is 12.1 Å². The number of nitrogens with zero attached hydrogens (tertiary/aromatic N) is 4. The number of nitrogens with one attached hydrogen (secondary N) is 1. The van der Waals surface area contributed by atoms with Crippen LogP contribution in [0, 0.1) is 5.95 Å². The van der Waals surface area contributed by atoms with Gasteiger partial charge in [0.15, 0.2) is 0 Å². The summed E-state index contributed by atoms with van der Waals surface area (Å²) in [6.45, 7) is 0.902. The largest absolute Gasteiger partial charge is 0.465 e. The fourth-order valence-electron chi connectivity index (χ4n) is 2.63. The van der Waals surface area contributed by atoms with Gasteiger partial charge in [-0.3, -0.25) is 0 Å². The summed E-state index contributed by atoms with van der Waals surface area (Å²) in [5.41, 5.74) is 0.676. The SMILES string of the molecule is O=C(O)N1CCC[C@H](Nc2nccc(-c3cc(Br)cnc3F)n2)C1. The number of hydrogen-bond acceptors (Lipinski definition) is 5. The van der Waals surface area contributed by atoms with Crippen LogP contribution in [0.2, 0.25) is 0 Å². The zero-order valence-corrected chi connectivity index (χ0v) is 14.2. The highest BCUT2D eigenvalue weighted by Crippen LogP contribution is 2.24. The molecule has 3 heterocycles. The van der Waals surface area contributed by atoms with Crippen molar-refractivity contribution < 1.29 is 14.3 Å². The Morgan fingerprint density at radius 1 is 1.46 bits per heavy atom. The Bertz CT molecular complexity index is 760. The smallest absolute Gasteiger partial charge is 0.407 e. The molecular formula is C15H15BrFN5O2. The molecule has 1 aliphatic heterocycles. The van der Waals surface area contributed by atoms with Gasteiger partial charge in [0.25, 0.3) is 0 Å². The molecule has 2 aromatic rings. The van der Waals surface area contributed by atoms with Crippen LogP contribution in [0.3, 0.4) is 0 Å². The lowest BCUT2D eigenvalue weighted by atomic mass is 10.1. The van der Waals surface area contributed by atoms with Crippen LogP contribution in [0.5, 0.6) is 0 Å². The van der Waals surface area contributed by atoms with Gasteiger partial charge in [0.05, 0.1) is 11.3 Å². The van der Waals surface area contributed by atoms with Gasteiger partial charge in [0.2, 0.25) is 11.9 Å². The van der Waals surface area contributed by atoms with Gasteiger partial charge in [-0.15, -0.1) is 0 Å². The second kappa shape index (κ2) is 7.08. The first-order chi connectivity index (χ1) is 11.5. The van der Waals surface area contributed by atoms with Gasteiger partial charge in [0, 0.05) is 36.0 Å². The summed E-state index contributed by atoms with van der Waals surface area (Å²) >= 11 is 3.26. The maximum absolute atomic E-state index is 13.9. The maximum atomic E-state index is 13.9. The molecule has 1 atom stereocenters. The van der Waals surface area contributed by atoms with Gasteiger partial charge in [-0.25, -0.2) is 19.7 Å². The number of rotatable bonds is 3. The molecule has 0 aliphatic carbocycles. The minimum Gasteiger partial charge on any atom is -0.465 e. The van der Waals surface area contributed by atoms with Gasteiger partial charge in [-0.1, -0.05) is 0 Å². The van der Waals surface area contributed by atoms with E-state index < -0.39 is 12.0 Å². The molecule has 0 aromatic carbocycles. The highest BCUT2D eigenvalue weighted by atomic mass is 79.9. The molecule has 0 saturated carbocycles. The van der Waals surface area contributed by atoms with Crippen molar-refractivity contribution in [2.24, 2.45) is 0 Å². The molecule has 0 spiro atoms. The number of hydrogen-bond donors (Lipinski definition) is 2. The van der Waals surface area contributed by atoms with E-state index in [2.05, 4.69) is 36.2 Å². The molecule has 2 aromatic heterocycles. The predicted octanol–water partition coefficient (Wildman–Crippen LogP) is 2.99. The second-order valence-corrected chi connectivity index (χ2v) is 6.39. The van der Waals surface area contributed by atoms with Crippen LogP contribution >= 0.6 is 15.9 Å². The minimum absolute atomic E-state index is 0.0735. The monoisotopic (exact) mass is 395 g/mol. The quantitative estimate of drug-likeness (QED) is 0.776. The number of piperidine rings is 1. The summed E-state index contributed by atoms with van der Waals surface area (Å²) in [5, 5.41) is 12.2. The Kier molecular flexibility index (Phi) is 4.89. The molecule has 1 amide bonds. The van der Waals surface area contributed by atoms with Crippen molar-refractivity contribution in [1.29, 1.82) is 0 Å². The molecule has 1 fully saturated rings. The van der Waals surface area contributed by atoms with Gasteiger partial charge in [-0.05, 0) is 40.9 Å². The number of aromatic nitrogens is 3. The number of halogens is 2. The maximum Gasteiger partial charge on any atom is 0.407 e. The normalized spacial score (nSPS) is 17.6. The van der Waals surface area contributed by atoms with E-state index in [4.69, 9.17) is 5.11 Å². The number of likely N-dealkylation sites (tertiary alicyclic amines) is 1. The second-order valence-electron chi connectivity index (χ2n) is 5.47. The summed E-state index contributed by atoms with van der Waals surface area (Å²) in [5.74, 6) is -0.276. The number of pyridine rings is 1. The van der Waals surface area contributed by atoms with E-state index in [9.17, 15) is 9.18 Å². The van der Waals surface area contributed by atoms with E-state index in [0.29, 0.717) is 29.2 Å². The van der Waals surface area contributed by atoms with Gasteiger partial charge in [-0.2, -0.15) is 4.39 Å². The highest BCUT2D eigenvalue weighted by Gasteiger charge is 2.23. The van der Waals surface area contributed by atoms with Gasteiger partial charge in [0.1, 0.15) is 0 Å². The summed E-state index contributed by atoms with van der Waals surface area (Å²) in [7, 11) is 0. The third-order valence-corrected chi connectivity index (χ3v) is 4.20. The van der Waals surface area contributed by atoms with E-state index in [1.807, 2.05) is 0 Å². The Hall–Kier alpha value is -2.29. The first-order valence-corrected chi connectivity index (χ1v) is 8.21. The van der Waals surface area contributed by atoms with Crippen LogP contribution < -0.4 is 5.32 Å². The lowest BCUT2D eigenvalue weighted by Gasteiger charge is -2.31. The highest BCUT2D eigenvalue weighted by molar-refractivity contribution is 9.10. The topological polar surface area (TPSA) is 91.2 Å². The zero-order valence-electron chi connectivity index (χ0n) is 12.6. The number of carbonyl (C=O) groups is 1. The summed E-state index contributed by atoms with van der Waals surface area (Å²) < 4.78 is 14.6. The Labute approximate surface area is 146 Å². The lowest BCUT2D eigenvalue weighted by molar-refractivity contribution is 0.132. The van der Waals surface area contributed by atoms with E-state index in [0.717, 1.165) is 12.8 Å². The standard InChI is InChI=1S/C15H15BrFN5O2/c16-9-6-11(13(17)19-7-9)12-3-4-18-14(21-12)20-10-2-1-5-22(8-10)15(23)24/h3-4,6-7,10H,1-2,5,8H2,(H,23,24)(H,18,20,21)/t10-/m0/s1. The van der Waals surface area contributed by atoms with Crippen molar-refractivity contribution in [2.45, 2.75) is 18.9 Å². The number of carboxylic acid groups (broad SMARTS) is 1. The molecule has 0 bridgehead atoms. The molecule has 1 aliphatic rings. The van der Waals surface area contributed by atoms with Crippen molar-refractivity contribution in [3.05, 3.63) is 34.9 Å². The van der Waals surface area contributed by atoms with Gasteiger partial charge < -0.3 is 15.3 Å². The van der Waals surface area contributed by atoms with Gasteiger partial charge >= 0.3 is 6.09 Å². The average molecular weight is 396 g/mol. The van der Waals surface area contributed by atoms with E-state index in [-0.39, 0.29) is 11.6 Å². The third-order valence-electron chi connectivity index (χ3n) is 3.76. The van der Waals surface area contributed by atoms with Crippen molar-refractivity contribution in [2.75, 3.05) is 18.4 Å². The summed E-state index contributed by atoms with van der Waals surface area (Å²) in [4.78, 5) is 24.6. The molecule has 0 radical (unpaired) electrons. The Morgan fingerprint density at radius 3 is 3.08 bits per heavy atom. The van der Waals surface area contributed by atoms with E-state index in [1.165, 1.54) is 17.3 Å². The van der Waals surface area contributed by atoms with Crippen LogP contribution in [0.15, 0.2) is 29.0 Å². The molecule has 1 saturated heterocycles. The Morgan fingerprint density at radius 2 is 2.29 bits per heavy atom. The zero-order chi connectivity index (χ0) is 17.1. The molecule has 0 unspecified atom stereocenters. The molecule has 7 nitrogen and oxygen atoms in total. The van der Waals surface area contributed by atoms with Crippen LogP contribution in [0.4, 0.5) is 15.1 Å². The molecule has 126 valence electrons. The molecule has 3 rings (SSSR count). The number of anilines is 1.